The van der Waals surface area contributed by atoms with E-state index in [1.807, 2.05) is 18.2 Å². The molecular weight excluding hydrogens is 434 g/mol. The van der Waals surface area contributed by atoms with E-state index in [9.17, 15) is 14.4 Å². The monoisotopic (exact) mass is 467 g/mol. The summed E-state index contributed by atoms with van der Waals surface area (Å²) >= 11 is 0. The fraction of sp³-hybridized carbons (Fsp3) is 0.520. The molecule has 182 valence electrons. The maximum absolute atomic E-state index is 13.5. The summed E-state index contributed by atoms with van der Waals surface area (Å²) in [5.41, 5.74) is 1.24. The second-order valence-electron chi connectivity index (χ2n) is 9.21. The Hall–Kier alpha value is -3.36. The van der Waals surface area contributed by atoms with E-state index in [-0.39, 0.29) is 35.6 Å². The molecule has 3 amide bonds. The number of nitrogens with zero attached hydrogens (tertiary/aromatic N) is 2. The molecule has 4 atom stereocenters. The summed E-state index contributed by atoms with van der Waals surface area (Å²) in [6.07, 6.45) is 2.75. The van der Waals surface area contributed by atoms with Gasteiger partial charge in [0.2, 0.25) is 11.8 Å². The van der Waals surface area contributed by atoms with Crippen molar-refractivity contribution in [3.8, 4) is 5.75 Å². The van der Waals surface area contributed by atoms with Crippen LogP contribution in [-0.4, -0.2) is 73.2 Å². The van der Waals surface area contributed by atoms with E-state index < -0.39 is 6.04 Å². The first-order chi connectivity index (χ1) is 16.4. The van der Waals surface area contributed by atoms with Crippen molar-refractivity contribution in [3.63, 3.8) is 0 Å². The highest BCUT2D eigenvalue weighted by Crippen LogP contribution is 2.30. The van der Waals surface area contributed by atoms with Gasteiger partial charge in [0.25, 0.3) is 5.91 Å². The van der Waals surface area contributed by atoms with Gasteiger partial charge in [-0.25, -0.2) is 0 Å². The average Bonchev–Trinajstić information content (AvgIpc) is 3.56. The van der Waals surface area contributed by atoms with Crippen molar-refractivity contribution in [1.29, 1.82) is 0 Å². The van der Waals surface area contributed by atoms with Crippen LogP contribution in [0.2, 0.25) is 0 Å². The number of H-pyrrole nitrogens is 1. The normalized spacial score (nSPS) is 23.1. The van der Waals surface area contributed by atoms with Crippen LogP contribution in [0.3, 0.4) is 0 Å². The summed E-state index contributed by atoms with van der Waals surface area (Å²) < 4.78 is 5.42. The number of amides is 3. The highest BCUT2D eigenvalue weighted by Gasteiger charge is 2.40. The molecular formula is C25H33N5O4. The minimum atomic E-state index is -0.574. The Kier molecular flexibility index (Phi) is 7.19. The van der Waals surface area contributed by atoms with Gasteiger partial charge in [0.05, 0.1) is 13.7 Å². The van der Waals surface area contributed by atoms with Gasteiger partial charge < -0.3 is 25.3 Å². The number of rotatable bonds is 9. The molecule has 9 nitrogen and oxygen atoms in total. The number of carbonyl (C=O) groups is 3. The van der Waals surface area contributed by atoms with E-state index in [1.54, 1.807) is 18.1 Å². The Morgan fingerprint density at radius 1 is 1.38 bits per heavy atom. The van der Waals surface area contributed by atoms with Crippen molar-refractivity contribution in [2.24, 2.45) is 16.8 Å². The average molecular weight is 468 g/mol. The predicted octanol–water partition coefficient (Wildman–Crippen LogP) is 2.13. The number of benzene rings is 1. The summed E-state index contributed by atoms with van der Waals surface area (Å²) in [6.45, 7) is 7.14. The molecule has 2 aliphatic rings. The topological polar surface area (TPSA) is 116 Å². The van der Waals surface area contributed by atoms with Crippen LogP contribution in [0.15, 0.2) is 29.3 Å². The highest BCUT2D eigenvalue weighted by atomic mass is 16.5. The second kappa shape index (κ2) is 10.3. The molecule has 0 spiro atoms. The van der Waals surface area contributed by atoms with Crippen molar-refractivity contribution in [2.75, 3.05) is 26.7 Å². The second-order valence-corrected chi connectivity index (χ2v) is 9.21. The molecule has 3 heterocycles. The molecule has 0 unspecified atom stereocenters. The number of fused-ring (bicyclic) bond motifs is 1. The third-order valence-electron chi connectivity index (χ3n) is 7.03. The molecule has 2 aliphatic heterocycles. The lowest BCUT2D eigenvalue weighted by Gasteiger charge is -2.26. The fourth-order valence-electron chi connectivity index (χ4n) is 5.11. The van der Waals surface area contributed by atoms with E-state index >= 15 is 0 Å². The standard InChI is InChI=1S/C25H33N5O4/c1-4-15-10-21(24(32)28-17(13-26-2)11-16-8-9-27-23(16)31)30(14-15)25(33)20-12-18-19(29-20)6-5-7-22(18)34-3/h5-7,12,15-17,21,29H,2,4,8-11,13-14H2,1,3H3,(H,27,31)(H,28,32)/t15-,16+,17+,21+/m1/s1. The molecule has 3 N–H and O–H groups in total. The van der Waals surface area contributed by atoms with E-state index in [0.29, 0.717) is 43.9 Å². The van der Waals surface area contributed by atoms with E-state index in [2.05, 4.69) is 34.3 Å². The number of hydrogen-bond donors (Lipinski definition) is 3. The first-order valence-corrected chi connectivity index (χ1v) is 11.9. The number of likely N-dealkylation sites (tertiary alicyclic amines) is 1. The van der Waals surface area contributed by atoms with Gasteiger partial charge in [-0.3, -0.25) is 19.4 Å². The van der Waals surface area contributed by atoms with Crippen LogP contribution in [0, 0.1) is 11.8 Å². The Morgan fingerprint density at radius 2 is 2.21 bits per heavy atom. The van der Waals surface area contributed by atoms with Crippen LogP contribution in [-0.2, 0) is 9.59 Å². The first kappa shape index (κ1) is 23.8. The molecule has 0 aliphatic carbocycles. The Morgan fingerprint density at radius 3 is 2.88 bits per heavy atom. The van der Waals surface area contributed by atoms with Crippen LogP contribution < -0.4 is 15.4 Å². The maximum atomic E-state index is 13.5. The van der Waals surface area contributed by atoms with Crippen molar-refractivity contribution in [1.82, 2.24) is 20.5 Å². The van der Waals surface area contributed by atoms with Gasteiger partial charge in [-0.1, -0.05) is 19.4 Å². The van der Waals surface area contributed by atoms with Gasteiger partial charge in [-0.15, -0.1) is 0 Å². The van der Waals surface area contributed by atoms with Crippen LogP contribution in [0.5, 0.6) is 5.75 Å². The predicted molar refractivity (Wildman–Crippen MR) is 130 cm³/mol. The van der Waals surface area contributed by atoms with Crippen molar-refractivity contribution < 1.29 is 19.1 Å². The molecule has 0 radical (unpaired) electrons. The summed E-state index contributed by atoms with van der Waals surface area (Å²) in [6, 6.07) is 6.52. The molecule has 0 bridgehead atoms. The smallest absolute Gasteiger partial charge is 0.270 e. The quantitative estimate of drug-likeness (QED) is 0.490. The number of aromatic nitrogens is 1. The molecule has 4 rings (SSSR count). The van der Waals surface area contributed by atoms with Crippen molar-refractivity contribution in [2.45, 2.75) is 44.7 Å². The Bertz CT molecular complexity index is 1080. The number of nitrogens with one attached hydrogen (secondary N) is 3. The van der Waals surface area contributed by atoms with Crippen LogP contribution in [0.1, 0.15) is 43.1 Å². The lowest BCUT2D eigenvalue weighted by atomic mass is 9.97. The zero-order valence-electron chi connectivity index (χ0n) is 19.8. The lowest BCUT2D eigenvalue weighted by molar-refractivity contribution is -0.127. The number of carbonyl (C=O) groups excluding carboxylic acids is 3. The van der Waals surface area contributed by atoms with Crippen molar-refractivity contribution >= 4 is 35.3 Å². The van der Waals surface area contributed by atoms with E-state index in [0.717, 1.165) is 23.7 Å². The highest BCUT2D eigenvalue weighted by molar-refractivity contribution is 6.01. The molecule has 1 aromatic carbocycles. The van der Waals surface area contributed by atoms with Crippen LogP contribution in [0.25, 0.3) is 10.9 Å². The van der Waals surface area contributed by atoms with Crippen LogP contribution >= 0.6 is 0 Å². The SMILES string of the molecule is C=NC[C@H](C[C@@H]1CCNC1=O)NC(=O)[C@@H]1C[C@@H](CC)CN1C(=O)c1cc2c(OC)cccc2[nH]1. The summed E-state index contributed by atoms with van der Waals surface area (Å²) in [5, 5.41) is 6.72. The summed E-state index contributed by atoms with van der Waals surface area (Å²) in [5.74, 6) is 0.396. The minimum Gasteiger partial charge on any atom is -0.496 e. The lowest BCUT2D eigenvalue weighted by Crippen LogP contribution is -2.50. The number of aromatic amines is 1. The van der Waals surface area contributed by atoms with Gasteiger partial charge in [-0.05, 0) is 50.1 Å². The van der Waals surface area contributed by atoms with E-state index in [1.165, 1.54) is 0 Å². The largest absolute Gasteiger partial charge is 0.496 e. The van der Waals surface area contributed by atoms with Gasteiger partial charge in [0, 0.05) is 36.0 Å². The molecule has 34 heavy (non-hydrogen) atoms. The molecule has 2 saturated heterocycles. The van der Waals surface area contributed by atoms with E-state index in [4.69, 9.17) is 4.74 Å². The van der Waals surface area contributed by atoms with Gasteiger partial charge in [-0.2, -0.15) is 0 Å². The maximum Gasteiger partial charge on any atom is 0.270 e. The molecule has 9 heteroatoms. The summed E-state index contributed by atoms with van der Waals surface area (Å²) in [4.78, 5) is 47.7. The van der Waals surface area contributed by atoms with Gasteiger partial charge in [0.15, 0.2) is 0 Å². The fourth-order valence-corrected chi connectivity index (χ4v) is 5.11. The number of hydrogen-bond acceptors (Lipinski definition) is 5. The summed E-state index contributed by atoms with van der Waals surface area (Å²) in [7, 11) is 1.60. The third kappa shape index (κ3) is 4.78. The van der Waals surface area contributed by atoms with Gasteiger partial charge >= 0.3 is 0 Å². The molecule has 0 saturated carbocycles. The number of aliphatic imine (C=N–C) groups is 1. The Labute approximate surface area is 199 Å². The minimum absolute atomic E-state index is 0.0151. The zero-order chi connectivity index (χ0) is 24.2. The number of ether oxygens (including phenoxy) is 1. The van der Waals surface area contributed by atoms with Crippen LogP contribution in [0.4, 0.5) is 0 Å². The van der Waals surface area contributed by atoms with Crippen molar-refractivity contribution in [3.05, 3.63) is 30.0 Å². The van der Waals surface area contributed by atoms with Gasteiger partial charge in [0.1, 0.15) is 17.5 Å². The zero-order valence-corrected chi connectivity index (χ0v) is 19.8. The molecule has 2 aromatic rings. The molecule has 2 fully saturated rings. The number of methoxy groups -OCH3 is 1. The first-order valence-electron chi connectivity index (χ1n) is 11.9. The molecule has 1 aromatic heterocycles. The Balaban J connectivity index is 1.52. The third-order valence-corrected chi connectivity index (χ3v) is 7.03.